The number of hydrogen-bond acceptors (Lipinski definition) is 5. The maximum absolute atomic E-state index is 12.7. The third-order valence-electron chi connectivity index (χ3n) is 6.22. The number of likely N-dealkylation sites (tertiary alicyclic amines) is 1. The number of carbonyl (C=O) groups excluding carboxylic acids is 1. The van der Waals surface area contributed by atoms with Crippen LogP contribution in [0.3, 0.4) is 0 Å². The summed E-state index contributed by atoms with van der Waals surface area (Å²) >= 11 is 0. The first-order valence-corrected chi connectivity index (χ1v) is 9.53. The van der Waals surface area contributed by atoms with Crippen LogP contribution < -0.4 is 11.1 Å². The van der Waals surface area contributed by atoms with Crippen molar-refractivity contribution in [2.45, 2.75) is 38.3 Å². The van der Waals surface area contributed by atoms with Crippen LogP contribution in [0.25, 0.3) is 0 Å². The third kappa shape index (κ3) is 2.62. The summed E-state index contributed by atoms with van der Waals surface area (Å²) in [6.07, 6.45) is 6.58. The number of fused-ring (bicyclic) bond motifs is 3. The van der Waals surface area contributed by atoms with Crippen LogP contribution in [-0.4, -0.2) is 43.2 Å². The Labute approximate surface area is 155 Å². The molecule has 1 saturated heterocycles. The van der Waals surface area contributed by atoms with E-state index in [-0.39, 0.29) is 17.7 Å². The fourth-order valence-corrected chi connectivity index (χ4v) is 4.47. The molecule has 0 bridgehead atoms. The summed E-state index contributed by atoms with van der Waals surface area (Å²) < 4.78 is 2.90. The molecule has 1 amide bonds. The number of pyridine rings is 1. The Hall–Kier alpha value is -2.77. The van der Waals surface area contributed by atoms with Gasteiger partial charge in [-0.2, -0.15) is 5.10 Å². The van der Waals surface area contributed by atoms with Gasteiger partial charge in [0.25, 0.3) is 5.91 Å². The Bertz CT molecular complexity index is 1010. The summed E-state index contributed by atoms with van der Waals surface area (Å²) in [6, 6.07) is 3.42. The Morgan fingerprint density at radius 1 is 1.07 bits per heavy atom. The lowest BCUT2D eigenvalue weighted by atomic mass is 9.85. The largest absolute Gasteiger partial charge is 0.338 e. The summed E-state index contributed by atoms with van der Waals surface area (Å²) in [4.78, 5) is 43.4. The molecule has 3 aliphatic rings. The zero-order valence-electron chi connectivity index (χ0n) is 15.0. The van der Waals surface area contributed by atoms with Crippen molar-refractivity contribution in [1.82, 2.24) is 24.2 Å². The number of rotatable bonds is 3. The van der Waals surface area contributed by atoms with Gasteiger partial charge in [0.05, 0.1) is 0 Å². The summed E-state index contributed by atoms with van der Waals surface area (Å²) in [5.74, 6) is 1.23. The van der Waals surface area contributed by atoms with Crippen LogP contribution in [0.1, 0.15) is 41.4 Å². The van der Waals surface area contributed by atoms with Crippen molar-refractivity contribution in [2.75, 3.05) is 13.1 Å². The van der Waals surface area contributed by atoms with Gasteiger partial charge < -0.3 is 4.90 Å². The predicted octanol–water partition coefficient (Wildman–Crippen LogP) is 0.469. The second-order valence-corrected chi connectivity index (χ2v) is 7.87. The van der Waals surface area contributed by atoms with Crippen molar-refractivity contribution in [3.63, 3.8) is 0 Å². The van der Waals surface area contributed by atoms with E-state index in [1.165, 1.54) is 15.7 Å². The second-order valence-electron chi connectivity index (χ2n) is 7.87. The van der Waals surface area contributed by atoms with Crippen LogP contribution >= 0.6 is 0 Å². The van der Waals surface area contributed by atoms with Crippen LogP contribution in [0.4, 0.5) is 0 Å². The van der Waals surface area contributed by atoms with Gasteiger partial charge in [-0.25, -0.2) is 4.68 Å². The molecule has 0 spiro atoms. The van der Waals surface area contributed by atoms with Crippen LogP contribution in [0.15, 0.2) is 34.1 Å². The molecule has 8 heteroatoms. The topological polar surface area (TPSA) is 90.1 Å². The van der Waals surface area contributed by atoms with E-state index in [0.29, 0.717) is 43.5 Å². The minimum Gasteiger partial charge on any atom is -0.338 e. The second kappa shape index (κ2) is 6.14. The molecule has 0 radical (unpaired) electrons. The minimum absolute atomic E-state index is 0.0109. The highest BCUT2D eigenvalue weighted by Gasteiger charge is 2.44. The molecule has 0 unspecified atom stereocenters. The van der Waals surface area contributed by atoms with Crippen LogP contribution in [0.5, 0.6) is 0 Å². The molecule has 8 nitrogen and oxygen atoms in total. The van der Waals surface area contributed by atoms with Gasteiger partial charge in [-0.15, -0.1) is 0 Å². The first kappa shape index (κ1) is 16.4. The van der Waals surface area contributed by atoms with E-state index in [4.69, 9.17) is 0 Å². The molecule has 5 rings (SSSR count). The van der Waals surface area contributed by atoms with Gasteiger partial charge in [0.1, 0.15) is 5.82 Å². The molecular formula is C19H21N5O3. The Kier molecular flexibility index (Phi) is 3.73. The summed E-state index contributed by atoms with van der Waals surface area (Å²) in [7, 11) is 0. The summed E-state index contributed by atoms with van der Waals surface area (Å²) in [5.41, 5.74) is -0.374. The standard InChI is InChI=1S/C19H21N5O3/c25-17(13-4-6-20-7-5-13)22-9-14-10-23-16(15(14)11-22)21-24(19(27)18(23)26)8-12-2-1-3-12/h4-7,12,14-15H,1-3,8-11H2/t14-,15-/m1/s1. The first-order chi connectivity index (χ1) is 13.1. The maximum atomic E-state index is 12.7. The molecule has 2 aliphatic heterocycles. The predicted molar refractivity (Wildman–Crippen MR) is 96.5 cm³/mol. The van der Waals surface area contributed by atoms with Crippen molar-refractivity contribution in [1.29, 1.82) is 0 Å². The van der Waals surface area contributed by atoms with Crippen molar-refractivity contribution >= 4 is 5.91 Å². The molecule has 2 fully saturated rings. The average Bonchev–Trinajstić information content (AvgIpc) is 3.21. The zero-order chi connectivity index (χ0) is 18.5. The van der Waals surface area contributed by atoms with E-state index in [0.717, 1.165) is 12.8 Å². The van der Waals surface area contributed by atoms with Gasteiger partial charge in [-0.3, -0.25) is 23.9 Å². The Balaban J connectivity index is 1.43. The fourth-order valence-electron chi connectivity index (χ4n) is 4.47. The van der Waals surface area contributed by atoms with Gasteiger partial charge in [0.2, 0.25) is 0 Å². The van der Waals surface area contributed by atoms with E-state index in [1.54, 1.807) is 24.5 Å². The molecule has 0 N–H and O–H groups in total. The third-order valence-corrected chi connectivity index (χ3v) is 6.22. The SMILES string of the molecule is O=C(c1ccncc1)N1C[C@@H]2Cn3c(nn(CC4CCC4)c(=O)c3=O)[C@@H]2C1. The molecule has 2 aromatic heterocycles. The lowest BCUT2D eigenvalue weighted by molar-refractivity contribution is 0.0782. The van der Waals surface area contributed by atoms with Crippen LogP contribution in [-0.2, 0) is 13.1 Å². The van der Waals surface area contributed by atoms with Crippen molar-refractivity contribution in [2.24, 2.45) is 11.8 Å². The highest BCUT2D eigenvalue weighted by molar-refractivity contribution is 5.94. The molecule has 4 heterocycles. The first-order valence-electron chi connectivity index (χ1n) is 9.53. The molecule has 0 aromatic carbocycles. The average molecular weight is 367 g/mol. The quantitative estimate of drug-likeness (QED) is 0.736. The summed E-state index contributed by atoms with van der Waals surface area (Å²) in [5, 5.41) is 4.56. The van der Waals surface area contributed by atoms with Gasteiger partial charge in [0.15, 0.2) is 0 Å². The van der Waals surface area contributed by atoms with Crippen LogP contribution in [0, 0.1) is 11.8 Å². The number of nitrogens with zero attached hydrogens (tertiary/aromatic N) is 5. The molecule has 2 aromatic rings. The van der Waals surface area contributed by atoms with Crippen molar-refractivity contribution in [3.8, 4) is 0 Å². The van der Waals surface area contributed by atoms with E-state index >= 15 is 0 Å². The fraction of sp³-hybridized carbons (Fsp3) is 0.526. The molecule has 27 heavy (non-hydrogen) atoms. The van der Waals surface area contributed by atoms with Gasteiger partial charge in [-0.1, -0.05) is 6.42 Å². The maximum Gasteiger partial charge on any atom is 0.332 e. The van der Waals surface area contributed by atoms with Crippen molar-refractivity contribution < 1.29 is 4.79 Å². The molecule has 1 saturated carbocycles. The number of hydrogen-bond donors (Lipinski definition) is 0. The Morgan fingerprint density at radius 3 is 2.56 bits per heavy atom. The van der Waals surface area contributed by atoms with E-state index in [1.807, 2.05) is 4.90 Å². The molecule has 140 valence electrons. The van der Waals surface area contributed by atoms with Gasteiger partial charge in [0, 0.05) is 56.0 Å². The smallest absolute Gasteiger partial charge is 0.332 e. The normalized spacial score (nSPS) is 23.8. The number of carbonyl (C=O) groups is 1. The highest BCUT2D eigenvalue weighted by atomic mass is 16.2. The Morgan fingerprint density at radius 2 is 1.85 bits per heavy atom. The minimum atomic E-state index is -0.518. The van der Waals surface area contributed by atoms with Gasteiger partial charge >= 0.3 is 11.1 Å². The number of aromatic nitrogens is 4. The van der Waals surface area contributed by atoms with Crippen molar-refractivity contribution in [3.05, 3.63) is 56.6 Å². The lowest BCUT2D eigenvalue weighted by Gasteiger charge is -2.25. The van der Waals surface area contributed by atoms with E-state index < -0.39 is 11.1 Å². The zero-order valence-corrected chi connectivity index (χ0v) is 15.0. The molecule has 1 aliphatic carbocycles. The molecule has 2 atom stereocenters. The number of amides is 1. The van der Waals surface area contributed by atoms with E-state index in [9.17, 15) is 14.4 Å². The monoisotopic (exact) mass is 367 g/mol. The lowest BCUT2D eigenvalue weighted by Crippen LogP contribution is -2.45. The summed E-state index contributed by atoms with van der Waals surface area (Å²) in [6.45, 7) is 2.09. The van der Waals surface area contributed by atoms with Crippen LogP contribution in [0.2, 0.25) is 0 Å². The van der Waals surface area contributed by atoms with Gasteiger partial charge in [-0.05, 0) is 30.9 Å². The molecular weight excluding hydrogens is 346 g/mol. The highest BCUT2D eigenvalue weighted by Crippen LogP contribution is 2.37. The van der Waals surface area contributed by atoms with E-state index in [2.05, 4.69) is 10.1 Å².